The van der Waals surface area contributed by atoms with E-state index in [4.69, 9.17) is 11.6 Å². The van der Waals surface area contributed by atoms with Crippen molar-refractivity contribution in [2.75, 3.05) is 12.4 Å². The third kappa shape index (κ3) is 3.08. The minimum Gasteiger partial charge on any atom is -0.388 e. The summed E-state index contributed by atoms with van der Waals surface area (Å²) >= 11 is 5.97. The van der Waals surface area contributed by atoms with E-state index in [0.717, 1.165) is 16.9 Å². The smallest absolute Gasteiger partial charge is 0.0629 e. The van der Waals surface area contributed by atoms with E-state index in [1.165, 1.54) is 0 Å². The summed E-state index contributed by atoms with van der Waals surface area (Å²) in [5.74, 6) is 0. The van der Waals surface area contributed by atoms with Gasteiger partial charge in [0.15, 0.2) is 0 Å². The molecule has 0 heterocycles. The number of anilines is 1. The standard InChI is InChI=1S/C14H13ClN2/c1-16-14-8-7-12(15)9-11(14)10-17-13-5-3-2-4-6-13/h2-10,16H,1H3. The minimum atomic E-state index is 0.707. The largest absolute Gasteiger partial charge is 0.388 e. The van der Waals surface area contributed by atoms with Crippen LogP contribution in [0.2, 0.25) is 5.02 Å². The summed E-state index contributed by atoms with van der Waals surface area (Å²) in [6.45, 7) is 0. The van der Waals surface area contributed by atoms with E-state index in [0.29, 0.717) is 5.02 Å². The Hall–Kier alpha value is -1.80. The Bertz CT molecular complexity index is 521. The van der Waals surface area contributed by atoms with E-state index >= 15 is 0 Å². The summed E-state index contributed by atoms with van der Waals surface area (Å²) in [7, 11) is 1.88. The Morgan fingerprint density at radius 1 is 1.12 bits per heavy atom. The number of rotatable bonds is 3. The van der Waals surface area contributed by atoms with Gasteiger partial charge in [0.1, 0.15) is 0 Å². The average Bonchev–Trinajstić information content (AvgIpc) is 2.38. The van der Waals surface area contributed by atoms with Crippen LogP contribution in [0.15, 0.2) is 53.5 Å². The van der Waals surface area contributed by atoms with Crippen LogP contribution in [0.4, 0.5) is 11.4 Å². The Morgan fingerprint density at radius 3 is 2.59 bits per heavy atom. The highest BCUT2D eigenvalue weighted by Gasteiger charge is 1.98. The van der Waals surface area contributed by atoms with Gasteiger partial charge in [-0.15, -0.1) is 0 Å². The van der Waals surface area contributed by atoms with E-state index in [-0.39, 0.29) is 0 Å². The lowest BCUT2D eigenvalue weighted by Gasteiger charge is -2.04. The van der Waals surface area contributed by atoms with Gasteiger partial charge in [-0.05, 0) is 30.3 Å². The van der Waals surface area contributed by atoms with Crippen molar-refractivity contribution in [3.05, 3.63) is 59.1 Å². The molecule has 2 aromatic rings. The Kier molecular flexibility index (Phi) is 3.78. The molecule has 0 spiro atoms. The van der Waals surface area contributed by atoms with Gasteiger partial charge in [-0.2, -0.15) is 0 Å². The van der Waals surface area contributed by atoms with Gasteiger partial charge >= 0.3 is 0 Å². The molecule has 0 saturated carbocycles. The maximum atomic E-state index is 5.97. The van der Waals surface area contributed by atoms with Crippen molar-refractivity contribution in [2.45, 2.75) is 0 Å². The number of hydrogen-bond donors (Lipinski definition) is 1. The van der Waals surface area contributed by atoms with Crippen molar-refractivity contribution >= 4 is 29.2 Å². The quantitative estimate of drug-likeness (QED) is 0.807. The molecular formula is C14H13ClN2. The normalized spacial score (nSPS) is 10.7. The maximum absolute atomic E-state index is 5.97. The topological polar surface area (TPSA) is 24.4 Å². The van der Waals surface area contributed by atoms with Gasteiger partial charge in [0, 0.05) is 29.5 Å². The summed E-state index contributed by atoms with van der Waals surface area (Å²) in [5, 5.41) is 3.82. The molecule has 0 bridgehead atoms. The lowest BCUT2D eigenvalue weighted by Crippen LogP contribution is -1.94. The van der Waals surface area contributed by atoms with E-state index in [9.17, 15) is 0 Å². The number of nitrogens with one attached hydrogen (secondary N) is 1. The van der Waals surface area contributed by atoms with Gasteiger partial charge in [0.05, 0.1) is 5.69 Å². The summed E-state index contributed by atoms with van der Waals surface area (Å²) in [5.41, 5.74) is 2.91. The molecule has 0 unspecified atom stereocenters. The van der Waals surface area contributed by atoms with Gasteiger partial charge in [-0.25, -0.2) is 0 Å². The van der Waals surface area contributed by atoms with Crippen molar-refractivity contribution in [2.24, 2.45) is 4.99 Å². The van der Waals surface area contributed by atoms with Gasteiger partial charge in [-0.3, -0.25) is 4.99 Å². The van der Waals surface area contributed by atoms with Crippen LogP contribution in [0.3, 0.4) is 0 Å². The second-order valence-electron chi connectivity index (χ2n) is 3.58. The molecule has 2 nitrogen and oxygen atoms in total. The van der Waals surface area contributed by atoms with Crippen LogP contribution in [0, 0.1) is 0 Å². The van der Waals surface area contributed by atoms with Gasteiger partial charge < -0.3 is 5.32 Å². The molecule has 0 radical (unpaired) electrons. The van der Waals surface area contributed by atoms with Crippen LogP contribution < -0.4 is 5.32 Å². The molecular weight excluding hydrogens is 232 g/mol. The summed E-state index contributed by atoms with van der Waals surface area (Å²) in [6, 6.07) is 15.5. The fourth-order valence-corrected chi connectivity index (χ4v) is 1.71. The first-order valence-electron chi connectivity index (χ1n) is 5.36. The van der Waals surface area contributed by atoms with Crippen molar-refractivity contribution < 1.29 is 0 Å². The highest BCUT2D eigenvalue weighted by molar-refractivity contribution is 6.31. The average molecular weight is 245 g/mol. The van der Waals surface area contributed by atoms with Crippen LogP contribution in [-0.2, 0) is 0 Å². The Morgan fingerprint density at radius 2 is 1.88 bits per heavy atom. The first kappa shape index (κ1) is 11.7. The Labute approximate surface area is 106 Å². The van der Waals surface area contributed by atoms with Crippen LogP contribution in [0.5, 0.6) is 0 Å². The molecule has 17 heavy (non-hydrogen) atoms. The van der Waals surface area contributed by atoms with E-state index < -0.39 is 0 Å². The zero-order valence-electron chi connectivity index (χ0n) is 9.52. The number of nitrogens with zero attached hydrogens (tertiary/aromatic N) is 1. The molecule has 3 heteroatoms. The number of para-hydroxylation sites is 1. The van der Waals surface area contributed by atoms with E-state index in [2.05, 4.69) is 10.3 Å². The molecule has 0 atom stereocenters. The van der Waals surface area contributed by atoms with Crippen LogP contribution in [-0.4, -0.2) is 13.3 Å². The molecule has 2 aromatic carbocycles. The fourth-order valence-electron chi connectivity index (χ4n) is 1.53. The zero-order chi connectivity index (χ0) is 12.1. The van der Waals surface area contributed by atoms with Crippen molar-refractivity contribution in [1.82, 2.24) is 0 Å². The fraction of sp³-hybridized carbons (Fsp3) is 0.0714. The maximum Gasteiger partial charge on any atom is 0.0629 e. The lowest BCUT2D eigenvalue weighted by molar-refractivity contribution is 1.48. The number of halogens is 1. The second kappa shape index (κ2) is 5.51. The molecule has 0 aliphatic rings. The monoisotopic (exact) mass is 244 g/mol. The predicted molar refractivity (Wildman–Crippen MR) is 74.7 cm³/mol. The van der Waals surface area contributed by atoms with Crippen LogP contribution in [0.25, 0.3) is 0 Å². The van der Waals surface area contributed by atoms with Crippen LogP contribution in [0.1, 0.15) is 5.56 Å². The van der Waals surface area contributed by atoms with Gasteiger partial charge in [-0.1, -0.05) is 29.8 Å². The molecule has 0 aromatic heterocycles. The van der Waals surface area contributed by atoms with Gasteiger partial charge in [0.2, 0.25) is 0 Å². The highest BCUT2D eigenvalue weighted by atomic mass is 35.5. The molecule has 2 rings (SSSR count). The summed E-state index contributed by atoms with van der Waals surface area (Å²) in [4.78, 5) is 4.40. The third-order valence-electron chi connectivity index (χ3n) is 2.39. The van der Waals surface area contributed by atoms with E-state index in [1.807, 2.05) is 61.8 Å². The van der Waals surface area contributed by atoms with Gasteiger partial charge in [0.25, 0.3) is 0 Å². The molecule has 0 amide bonds. The molecule has 0 aliphatic heterocycles. The number of aliphatic imine (C=N–C) groups is 1. The van der Waals surface area contributed by atoms with Crippen molar-refractivity contribution in [3.8, 4) is 0 Å². The minimum absolute atomic E-state index is 0.707. The molecule has 0 aliphatic carbocycles. The first-order chi connectivity index (χ1) is 8.29. The first-order valence-corrected chi connectivity index (χ1v) is 5.74. The SMILES string of the molecule is CNc1ccc(Cl)cc1C=Nc1ccccc1. The second-order valence-corrected chi connectivity index (χ2v) is 4.01. The lowest BCUT2D eigenvalue weighted by atomic mass is 10.2. The molecule has 1 N–H and O–H groups in total. The summed E-state index contributed by atoms with van der Waals surface area (Å²) < 4.78 is 0. The molecule has 0 saturated heterocycles. The predicted octanol–water partition coefficient (Wildman–Crippen LogP) is 4.13. The van der Waals surface area contributed by atoms with E-state index in [1.54, 1.807) is 0 Å². The third-order valence-corrected chi connectivity index (χ3v) is 2.63. The summed E-state index contributed by atoms with van der Waals surface area (Å²) in [6.07, 6.45) is 1.81. The zero-order valence-corrected chi connectivity index (χ0v) is 10.3. The van der Waals surface area contributed by atoms with Crippen LogP contribution >= 0.6 is 11.6 Å². The van der Waals surface area contributed by atoms with Crippen molar-refractivity contribution in [3.63, 3.8) is 0 Å². The highest BCUT2D eigenvalue weighted by Crippen LogP contribution is 2.19. The Balaban J connectivity index is 2.29. The van der Waals surface area contributed by atoms with Crippen molar-refractivity contribution in [1.29, 1.82) is 0 Å². The number of benzene rings is 2. The molecule has 0 fully saturated rings. The number of hydrogen-bond acceptors (Lipinski definition) is 2. The molecule has 86 valence electrons.